The van der Waals surface area contributed by atoms with Crippen LogP contribution in [-0.2, 0) is 4.74 Å². The summed E-state index contributed by atoms with van der Waals surface area (Å²) in [5, 5.41) is 12.1. The molecule has 1 unspecified atom stereocenters. The Hall–Kier alpha value is -0.610. The van der Waals surface area contributed by atoms with Crippen molar-refractivity contribution in [1.29, 1.82) is 0 Å². The Morgan fingerprint density at radius 3 is 2.93 bits per heavy atom. The van der Waals surface area contributed by atoms with Gasteiger partial charge in [-0.25, -0.2) is 0 Å². The van der Waals surface area contributed by atoms with Crippen LogP contribution < -0.4 is 0 Å². The van der Waals surface area contributed by atoms with Gasteiger partial charge in [-0.1, -0.05) is 19.0 Å². The molecule has 1 heterocycles. The first-order valence-corrected chi connectivity index (χ1v) is 5.78. The summed E-state index contributed by atoms with van der Waals surface area (Å²) < 4.78 is 5.45. The van der Waals surface area contributed by atoms with Crippen molar-refractivity contribution in [2.24, 2.45) is 11.1 Å². The molecule has 4 heteroatoms. The Morgan fingerprint density at radius 1 is 1.53 bits per heavy atom. The second kappa shape index (κ2) is 6.80. The van der Waals surface area contributed by atoms with Crippen molar-refractivity contribution in [2.45, 2.75) is 26.7 Å². The van der Waals surface area contributed by atoms with Gasteiger partial charge in [-0.3, -0.25) is 0 Å². The Morgan fingerprint density at radius 2 is 2.33 bits per heavy atom. The van der Waals surface area contributed by atoms with Crippen molar-refractivity contribution >= 4 is 5.71 Å². The molecule has 1 rings (SSSR count). The lowest BCUT2D eigenvalue weighted by Gasteiger charge is -2.31. The van der Waals surface area contributed by atoms with Gasteiger partial charge in [-0.15, -0.1) is 0 Å². The third-order valence-electron chi connectivity index (χ3n) is 2.81. The van der Waals surface area contributed by atoms with Gasteiger partial charge in [0.2, 0.25) is 0 Å². The second-order valence-corrected chi connectivity index (χ2v) is 4.16. The van der Waals surface area contributed by atoms with E-state index in [0.717, 1.165) is 51.4 Å². The van der Waals surface area contributed by atoms with E-state index < -0.39 is 0 Å². The van der Waals surface area contributed by atoms with E-state index in [1.54, 1.807) is 0 Å². The third-order valence-corrected chi connectivity index (χ3v) is 2.81. The maximum atomic E-state index is 8.74. The molecule has 1 N–H and O–H groups in total. The molecule has 0 bridgehead atoms. The normalized spacial score (nSPS) is 26.0. The van der Waals surface area contributed by atoms with Gasteiger partial charge in [-0.2, -0.15) is 0 Å². The summed E-state index contributed by atoms with van der Waals surface area (Å²) in [6, 6.07) is 0. The number of ether oxygens (including phenoxy) is 1. The number of hydrogen-bond donors (Lipinski definition) is 1. The van der Waals surface area contributed by atoms with E-state index >= 15 is 0 Å². The fourth-order valence-corrected chi connectivity index (χ4v) is 1.89. The van der Waals surface area contributed by atoms with Crippen molar-refractivity contribution in [3.8, 4) is 0 Å². The number of hydrogen-bond acceptors (Lipinski definition) is 4. The molecule has 0 aliphatic carbocycles. The van der Waals surface area contributed by atoms with Gasteiger partial charge in [0.25, 0.3) is 0 Å². The van der Waals surface area contributed by atoms with E-state index in [1.807, 2.05) is 0 Å². The number of likely N-dealkylation sites (tertiary alicyclic amines) is 1. The van der Waals surface area contributed by atoms with Crippen LogP contribution in [0, 0.1) is 5.92 Å². The van der Waals surface area contributed by atoms with Crippen LogP contribution >= 0.6 is 0 Å². The fourth-order valence-electron chi connectivity index (χ4n) is 1.89. The molecule has 1 aliphatic heterocycles. The Kier molecular flexibility index (Phi) is 5.65. The van der Waals surface area contributed by atoms with Crippen molar-refractivity contribution in [3.63, 3.8) is 0 Å². The third kappa shape index (κ3) is 4.18. The van der Waals surface area contributed by atoms with Gasteiger partial charge in [0.15, 0.2) is 0 Å². The summed E-state index contributed by atoms with van der Waals surface area (Å²) in [4.78, 5) is 2.37. The van der Waals surface area contributed by atoms with Crippen LogP contribution in [0.5, 0.6) is 0 Å². The van der Waals surface area contributed by atoms with Crippen molar-refractivity contribution in [2.75, 3.05) is 32.8 Å². The van der Waals surface area contributed by atoms with E-state index in [9.17, 15) is 0 Å². The van der Waals surface area contributed by atoms with E-state index in [4.69, 9.17) is 9.94 Å². The van der Waals surface area contributed by atoms with Crippen LogP contribution in [0.4, 0.5) is 0 Å². The molecule has 4 nitrogen and oxygen atoms in total. The molecular formula is C11H22N2O2. The molecule has 1 fully saturated rings. The Labute approximate surface area is 91.9 Å². The van der Waals surface area contributed by atoms with Gasteiger partial charge in [0.05, 0.1) is 12.3 Å². The van der Waals surface area contributed by atoms with Crippen LogP contribution in [0.3, 0.4) is 0 Å². The summed E-state index contributed by atoms with van der Waals surface area (Å²) in [5.74, 6) is 0.370. The zero-order valence-electron chi connectivity index (χ0n) is 9.78. The van der Waals surface area contributed by atoms with Crippen LogP contribution in [0.2, 0.25) is 0 Å². The van der Waals surface area contributed by atoms with Crippen LogP contribution in [-0.4, -0.2) is 48.7 Å². The number of rotatable bonds is 5. The zero-order valence-corrected chi connectivity index (χ0v) is 9.78. The average Bonchev–Trinajstić information content (AvgIpc) is 2.25. The summed E-state index contributed by atoms with van der Waals surface area (Å²) in [6.45, 7) is 8.84. The molecule has 0 amide bonds. The molecule has 1 saturated heterocycles. The minimum absolute atomic E-state index is 0.370. The van der Waals surface area contributed by atoms with Gasteiger partial charge >= 0.3 is 0 Å². The molecule has 0 spiro atoms. The Bertz CT molecular complexity index is 207. The van der Waals surface area contributed by atoms with E-state index in [1.165, 1.54) is 0 Å². The number of oxime groups is 1. The molecule has 0 aromatic heterocycles. The molecule has 15 heavy (non-hydrogen) atoms. The summed E-state index contributed by atoms with van der Waals surface area (Å²) in [6.07, 6.45) is 1.96. The highest BCUT2D eigenvalue weighted by Gasteiger charge is 2.21. The lowest BCUT2D eigenvalue weighted by molar-refractivity contribution is 0.0991. The highest BCUT2D eigenvalue weighted by molar-refractivity contribution is 5.86. The lowest BCUT2D eigenvalue weighted by atomic mass is 9.98. The number of nitrogens with zero attached hydrogens (tertiary/aromatic N) is 2. The number of piperidine rings is 1. The van der Waals surface area contributed by atoms with Crippen molar-refractivity contribution in [1.82, 2.24) is 4.90 Å². The van der Waals surface area contributed by atoms with Gasteiger partial charge in [0.1, 0.15) is 0 Å². The second-order valence-electron chi connectivity index (χ2n) is 4.16. The molecule has 0 aromatic carbocycles. The van der Waals surface area contributed by atoms with Crippen molar-refractivity contribution in [3.05, 3.63) is 0 Å². The molecule has 0 aromatic rings. The molecule has 88 valence electrons. The minimum Gasteiger partial charge on any atom is -0.411 e. The smallest absolute Gasteiger partial charge is 0.0624 e. The largest absolute Gasteiger partial charge is 0.411 e. The first-order chi connectivity index (χ1) is 7.27. The van der Waals surface area contributed by atoms with Crippen LogP contribution in [0.25, 0.3) is 0 Å². The van der Waals surface area contributed by atoms with Crippen LogP contribution in [0.15, 0.2) is 5.16 Å². The van der Waals surface area contributed by atoms with E-state index in [2.05, 4.69) is 23.9 Å². The molecular weight excluding hydrogens is 192 g/mol. The topological polar surface area (TPSA) is 45.1 Å². The fraction of sp³-hybridized carbons (Fsp3) is 0.909. The van der Waals surface area contributed by atoms with Crippen LogP contribution in [0.1, 0.15) is 26.7 Å². The first kappa shape index (κ1) is 12.5. The SMILES string of the molecule is CCCOCCN1CCC(=NO)C(C)C1. The maximum Gasteiger partial charge on any atom is 0.0624 e. The van der Waals surface area contributed by atoms with E-state index in [0.29, 0.717) is 5.92 Å². The summed E-state index contributed by atoms with van der Waals surface area (Å²) in [7, 11) is 0. The lowest BCUT2D eigenvalue weighted by Crippen LogP contribution is -2.41. The molecule has 0 radical (unpaired) electrons. The van der Waals surface area contributed by atoms with Crippen molar-refractivity contribution < 1.29 is 9.94 Å². The molecule has 1 atom stereocenters. The monoisotopic (exact) mass is 214 g/mol. The highest BCUT2D eigenvalue weighted by Crippen LogP contribution is 2.13. The van der Waals surface area contributed by atoms with Gasteiger partial charge < -0.3 is 14.8 Å². The molecule has 0 saturated carbocycles. The zero-order chi connectivity index (χ0) is 11.1. The highest BCUT2D eigenvalue weighted by atomic mass is 16.5. The molecule has 1 aliphatic rings. The summed E-state index contributed by atoms with van der Waals surface area (Å²) in [5.41, 5.74) is 0.931. The predicted molar refractivity (Wildman–Crippen MR) is 60.6 cm³/mol. The quantitative estimate of drug-likeness (QED) is 0.429. The van der Waals surface area contributed by atoms with Gasteiger partial charge in [-0.05, 0) is 6.42 Å². The predicted octanol–water partition coefficient (Wildman–Crippen LogP) is 1.58. The standard InChI is InChI=1S/C11H22N2O2/c1-3-7-15-8-6-13-5-4-11(12-14)10(2)9-13/h10,14H,3-9H2,1-2H3. The maximum absolute atomic E-state index is 8.74. The van der Waals surface area contributed by atoms with E-state index in [-0.39, 0.29) is 0 Å². The average molecular weight is 214 g/mol. The summed E-state index contributed by atoms with van der Waals surface area (Å²) >= 11 is 0. The first-order valence-electron chi connectivity index (χ1n) is 5.78. The van der Waals surface area contributed by atoms with Gasteiger partial charge in [0, 0.05) is 38.6 Å². The Balaban J connectivity index is 2.17. The minimum atomic E-state index is 0.370.